The van der Waals surface area contributed by atoms with Gasteiger partial charge in [-0.05, 0) is 6.42 Å². The van der Waals surface area contributed by atoms with Gasteiger partial charge in [-0.25, -0.2) is 4.98 Å². The Kier molecular flexibility index (Phi) is 5.76. The number of nitrogen functional groups attached to an aromatic ring is 1. The Balaban J connectivity index is 2.74. The molecule has 114 valence electrons. The lowest BCUT2D eigenvalue weighted by molar-refractivity contribution is 0.0915. The number of nitrogens with one attached hydrogen (secondary N) is 1. The molecule has 20 heavy (non-hydrogen) atoms. The molecule has 0 bridgehead atoms. The molecule has 1 rings (SSSR count). The molecule has 0 unspecified atom stereocenters. The minimum absolute atomic E-state index is 0.00986. The van der Waals surface area contributed by atoms with Crippen LogP contribution in [-0.4, -0.2) is 42.7 Å². The number of aliphatic hydroxyl groups excluding tert-OH is 1. The number of hydrogen-bond donors (Lipinski definition) is 3. The van der Waals surface area contributed by atoms with E-state index in [0.29, 0.717) is 11.4 Å². The minimum atomic E-state index is -0.350. The van der Waals surface area contributed by atoms with E-state index in [0.717, 1.165) is 18.1 Å². The van der Waals surface area contributed by atoms with Crippen LogP contribution in [-0.2, 0) is 0 Å². The first-order valence-electron chi connectivity index (χ1n) is 6.67. The largest absolute Gasteiger partial charge is 0.396 e. The third-order valence-corrected chi connectivity index (χ3v) is 4.07. The van der Waals surface area contributed by atoms with E-state index in [2.05, 4.69) is 17.2 Å². The molecule has 1 aromatic rings. The summed E-state index contributed by atoms with van der Waals surface area (Å²) in [6.45, 7) is 7.10. The zero-order chi connectivity index (χ0) is 15.3. The van der Waals surface area contributed by atoms with E-state index < -0.39 is 0 Å². The van der Waals surface area contributed by atoms with Gasteiger partial charge in [-0.2, -0.15) is 0 Å². The standard InChI is InChI=1S/C13H24N4O2S/c1-5-6-17(4)12-16-10(14)9(20-12)11(19)15-7-13(2,3)8-18/h18H,5-8,14H2,1-4H3,(H,15,19). The van der Waals surface area contributed by atoms with Crippen LogP contribution in [0.5, 0.6) is 0 Å². The Labute approximate surface area is 124 Å². The molecule has 0 atom stereocenters. The Morgan fingerprint density at radius 2 is 2.20 bits per heavy atom. The fourth-order valence-corrected chi connectivity index (χ4v) is 2.42. The van der Waals surface area contributed by atoms with Gasteiger partial charge >= 0.3 is 0 Å². The number of aliphatic hydroxyl groups is 1. The summed E-state index contributed by atoms with van der Waals surface area (Å²) in [4.78, 5) is 18.7. The van der Waals surface area contributed by atoms with E-state index >= 15 is 0 Å². The summed E-state index contributed by atoms with van der Waals surface area (Å²) in [5.74, 6) is 0.0185. The number of aromatic nitrogens is 1. The van der Waals surface area contributed by atoms with E-state index in [9.17, 15) is 9.90 Å². The molecule has 1 heterocycles. The lowest BCUT2D eigenvalue weighted by Gasteiger charge is -2.21. The number of nitrogens with zero attached hydrogens (tertiary/aromatic N) is 2. The quantitative estimate of drug-likeness (QED) is 0.706. The van der Waals surface area contributed by atoms with E-state index in [1.165, 1.54) is 11.3 Å². The number of anilines is 2. The number of hydrogen-bond acceptors (Lipinski definition) is 6. The van der Waals surface area contributed by atoms with Crippen LogP contribution in [0.15, 0.2) is 0 Å². The van der Waals surface area contributed by atoms with Crippen LogP contribution >= 0.6 is 11.3 Å². The van der Waals surface area contributed by atoms with Gasteiger partial charge in [-0.15, -0.1) is 0 Å². The zero-order valence-electron chi connectivity index (χ0n) is 12.6. The maximum Gasteiger partial charge on any atom is 0.265 e. The van der Waals surface area contributed by atoms with Gasteiger partial charge in [0.2, 0.25) is 0 Å². The Morgan fingerprint density at radius 3 is 2.75 bits per heavy atom. The Morgan fingerprint density at radius 1 is 1.55 bits per heavy atom. The SMILES string of the molecule is CCCN(C)c1nc(N)c(C(=O)NCC(C)(C)CO)s1. The third kappa shape index (κ3) is 4.35. The Bertz CT molecular complexity index is 459. The van der Waals surface area contributed by atoms with Crippen LogP contribution in [0, 0.1) is 5.41 Å². The van der Waals surface area contributed by atoms with Crippen molar-refractivity contribution in [1.82, 2.24) is 10.3 Å². The highest BCUT2D eigenvalue weighted by molar-refractivity contribution is 7.18. The van der Waals surface area contributed by atoms with Crippen LogP contribution in [0.25, 0.3) is 0 Å². The highest BCUT2D eigenvalue weighted by Crippen LogP contribution is 2.27. The molecule has 0 spiro atoms. The summed E-state index contributed by atoms with van der Waals surface area (Å²) < 4.78 is 0. The molecular weight excluding hydrogens is 276 g/mol. The van der Waals surface area contributed by atoms with Gasteiger partial charge in [0.25, 0.3) is 5.91 Å². The molecular formula is C13H24N4O2S. The fraction of sp³-hybridized carbons (Fsp3) is 0.692. The second-order valence-electron chi connectivity index (χ2n) is 5.64. The predicted molar refractivity (Wildman–Crippen MR) is 83.3 cm³/mol. The predicted octanol–water partition coefficient (Wildman–Crippen LogP) is 1.32. The molecule has 0 aliphatic heterocycles. The van der Waals surface area contributed by atoms with Crippen molar-refractivity contribution in [3.05, 3.63) is 4.88 Å². The highest BCUT2D eigenvalue weighted by Gasteiger charge is 2.21. The van der Waals surface area contributed by atoms with Crippen molar-refractivity contribution in [3.8, 4) is 0 Å². The summed E-state index contributed by atoms with van der Waals surface area (Å²) in [7, 11) is 1.93. The number of carbonyl (C=O) groups excluding carboxylic acids is 1. The van der Waals surface area contributed by atoms with Crippen molar-refractivity contribution < 1.29 is 9.90 Å². The molecule has 6 nitrogen and oxygen atoms in total. The topological polar surface area (TPSA) is 91.5 Å². The molecule has 0 fully saturated rings. The van der Waals surface area contributed by atoms with Gasteiger partial charge in [-0.3, -0.25) is 4.79 Å². The van der Waals surface area contributed by atoms with Crippen molar-refractivity contribution in [1.29, 1.82) is 0 Å². The maximum atomic E-state index is 12.1. The number of rotatable bonds is 7. The lowest BCUT2D eigenvalue weighted by Crippen LogP contribution is -2.36. The highest BCUT2D eigenvalue weighted by atomic mass is 32.1. The van der Waals surface area contributed by atoms with E-state index in [4.69, 9.17) is 5.73 Å². The van der Waals surface area contributed by atoms with Gasteiger partial charge in [0.1, 0.15) is 10.7 Å². The van der Waals surface area contributed by atoms with Crippen LogP contribution in [0.4, 0.5) is 10.9 Å². The third-order valence-electron chi connectivity index (χ3n) is 2.89. The monoisotopic (exact) mass is 300 g/mol. The second kappa shape index (κ2) is 6.90. The first-order valence-corrected chi connectivity index (χ1v) is 7.49. The summed E-state index contributed by atoms with van der Waals surface area (Å²) in [5.41, 5.74) is 5.46. The average Bonchev–Trinajstić information content (AvgIpc) is 2.79. The normalized spacial score (nSPS) is 11.4. The molecule has 0 aromatic carbocycles. The molecule has 0 saturated carbocycles. The second-order valence-corrected chi connectivity index (χ2v) is 6.61. The molecule has 0 aliphatic carbocycles. The van der Waals surface area contributed by atoms with Crippen LogP contribution < -0.4 is 16.0 Å². The molecule has 4 N–H and O–H groups in total. The van der Waals surface area contributed by atoms with Crippen molar-refractivity contribution in [2.45, 2.75) is 27.2 Å². The number of nitrogens with two attached hydrogens (primary N) is 1. The zero-order valence-corrected chi connectivity index (χ0v) is 13.4. The maximum absolute atomic E-state index is 12.1. The van der Waals surface area contributed by atoms with E-state index in [1.807, 2.05) is 25.8 Å². The molecule has 1 amide bonds. The van der Waals surface area contributed by atoms with Crippen molar-refractivity contribution in [2.24, 2.45) is 5.41 Å². The molecule has 0 aliphatic rings. The van der Waals surface area contributed by atoms with Crippen LogP contribution in [0.2, 0.25) is 0 Å². The molecule has 0 radical (unpaired) electrons. The summed E-state index contributed by atoms with van der Waals surface area (Å²) >= 11 is 1.29. The summed E-state index contributed by atoms with van der Waals surface area (Å²) in [6, 6.07) is 0. The van der Waals surface area contributed by atoms with E-state index in [-0.39, 0.29) is 23.7 Å². The summed E-state index contributed by atoms with van der Waals surface area (Å²) in [5, 5.41) is 12.7. The van der Waals surface area contributed by atoms with Gasteiger partial charge < -0.3 is 21.1 Å². The van der Waals surface area contributed by atoms with Gasteiger partial charge in [0, 0.05) is 32.2 Å². The number of carbonyl (C=O) groups is 1. The van der Waals surface area contributed by atoms with Gasteiger partial charge in [0.15, 0.2) is 5.13 Å². The lowest BCUT2D eigenvalue weighted by atomic mass is 9.95. The first kappa shape index (κ1) is 16.7. The number of thiazole rings is 1. The molecule has 7 heteroatoms. The van der Waals surface area contributed by atoms with Crippen molar-refractivity contribution in [2.75, 3.05) is 37.4 Å². The summed E-state index contributed by atoms with van der Waals surface area (Å²) in [6.07, 6.45) is 1.00. The molecule has 0 saturated heterocycles. The Hall–Kier alpha value is -1.34. The fourth-order valence-electron chi connectivity index (χ4n) is 1.53. The minimum Gasteiger partial charge on any atom is -0.396 e. The number of amides is 1. The smallest absolute Gasteiger partial charge is 0.265 e. The van der Waals surface area contributed by atoms with Gasteiger partial charge in [-0.1, -0.05) is 32.1 Å². The average molecular weight is 300 g/mol. The van der Waals surface area contributed by atoms with Crippen LogP contribution in [0.1, 0.15) is 36.9 Å². The molecule has 1 aromatic heterocycles. The van der Waals surface area contributed by atoms with Crippen molar-refractivity contribution >= 4 is 28.2 Å². The van der Waals surface area contributed by atoms with Crippen molar-refractivity contribution in [3.63, 3.8) is 0 Å². The van der Waals surface area contributed by atoms with Crippen LogP contribution in [0.3, 0.4) is 0 Å². The first-order chi connectivity index (χ1) is 9.30. The van der Waals surface area contributed by atoms with E-state index in [1.54, 1.807) is 0 Å². The van der Waals surface area contributed by atoms with Gasteiger partial charge in [0.05, 0.1) is 0 Å².